The van der Waals surface area contributed by atoms with Gasteiger partial charge in [0.05, 0.1) is 0 Å². The molecule has 3 aromatic rings. The zero-order valence-electron chi connectivity index (χ0n) is 11.6. The van der Waals surface area contributed by atoms with E-state index in [1.807, 2.05) is 36.4 Å². The van der Waals surface area contributed by atoms with Gasteiger partial charge in [-0.2, -0.15) is 0 Å². The van der Waals surface area contributed by atoms with Gasteiger partial charge in [-0.25, -0.2) is 0 Å². The number of aromatic hydroxyl groups is 2. The van der Waals surface area contributed by atoms with Crippen LogP contribution in [0.3, 0.4) is 0 Å². The summed E-state index contributed by atoms with van der Waals surface area (Å²) in [5, 5.41) is 20.1. The van der Waals surface area contributed by atoms with Crippen LogP contribution in [0, 0.1) is 0 Å². The summed E-state index contributed by atoms with van der Waals surface area (Å²) >= 11 is 0. The fourth-order valence-electron chi connectivity index (χ4n) is 1.94. The van der Waals surface area contributed by atoms with Crippen LogP contribution in [0.4, 0.5) is 0 Å². The minimum absolute atomic E-state index is 0.157. The Morgan fingerprint density at radius 2 is 0.864 bits per heavy atom. The molecule has 110 valence electrons. The first-order chi connectivity index (χ1) is 10.7. The smallest absolute Gasteiger partial charge is 0.205 e. The molecule has 0 saturated heterocycles. The number of hydrogen-bond acceptors (Lipinski definition) is 4. The van der Waals surface area contributed by atoms with E-state index in [2.05, 4.69) is 0 Å². The summed E-state index contributed by atoms with van der Waals surface area (Å²) in [5.74, 6) is 0.714. The second-order valence-corrected chi connectivity index (χ2v) is 4.59. The lowest BCUT2D eigenvalue weighted by Gasteiger charge is -2.12. The molecule has 0 aromatic heterocycles. The second kappa shape index (κ2) is 6.10. The van der Waals surface area contributed by atoms with E-state index in [0.29, 0.717) is 11.5 Å². The Labute approximate surface area is 127 Å². The third-order valence-corrected chi connectivity index (χ3v) is 3.02. The van der Waals surface area contributed by atoms with Crippen LogP contribution in [-0.4, -0.2) is 10.2 Å². The Morgan fingerprint density at radius 1 is 0.500 bits per heavy atom. The Hall–Kier alpha value is -3.14. The quantitative estimate of drug-likeness (QED) is 0.686. The summed E-state index contributed by atoms with van der Waals surface area (Å²) in [6, 6.07) is 21.1. The Kier molecular flexibility index (Phi) is 3.83. The SMILES string of the molecule is Oc1c(Oc2ccccc2)ccc(Oc2ccccc2)c1O. The Morgan fingerprint density at radius 3 is 1.23 bits per heavy atom. The van der Waals surface area contributed by atoms with Gasteiger partial charge in [-0.1, -0.05) is 36.4 Å². The molecule has 0 atom stereocenters. The van der Waals surface area contributed by atoms with Crippen molar-refractivity contribution in [3.8, 4) is 34.5 Å². The number of ether oxygens (including phenoxy) is 2. The number of rotatable bonds is 4. The molecule has 22 heavy (non-hydrogen) atoms. The van der Waals surface area contributed by atoms with Gasteiger partial charge in [0.2, 0.25) is 11.5 Å². The molecule has 3 rings (SSSR count). The van der Waals surface area contributed by atoms with Crippen molar-refractivity contribution < 1.29 is 19.7 Å². The van der Waals surface area contributed by atoms with Crippen LogP contribution >= 0.6 is 0 Å². The number of phenolic OH excluding ortho intramolecular Hbond substituents is 2. The molecule has 0 radical (unpaired) electrons. The minimum Gasteiger partial charge on any atom is -0.502 e. The molecule has 0 aliphatic carbocycles. The number of benzene rings is 3. The molecule has 3 aromatic carbocycles. The molecule has 4 nitrogen and oxygen atoms in total. The van der Waals surface area contributed by atoms with Crippen molar-refractivity contribution in [2.75, 3.05) is 0 Å². The van der Waals surface area contributed by atoms with Crippen LogP contribution in [-0.2, 0) is 0 Å². The zero-order valence-corrected chi connectivity index (χ0v) is 11.6. The molecule has 0 spiro atoms. The van der Waals surface area contributed by atoms with Crippen molar-refractivity contribution in [1.29, 1.82) is 0 Å². The van der Waals surface area contributed by atoms with Crippen molar-refractivity contribution in [2.24, 2.45) is 0 Å². The summed E-state index contributed by atoms with van der Waals surface area (Å²) in [5.41, 5.74) is 0. The highest BCUT2D eigenvalue weighted by molar-refractivity contribution is 5.59. The van der Waals surface area contributed by atoms with Crippen LogP contribution in [0.2, 0.25) is 0 Å². The lowest BCUT2D eigenvalue weighted by atomic mass is 10.2. The van der Waals surface area contributed by atoms with E-state index in [4.69, 9.17) is 9.47 Å². The van der Waals surface area contributed by atoms with Gasteiger partial charge in [-0.3, -0.25) is 0 Å². The van der Waals surface area contributed by atoms with Gasteiger partial charge < -0.3 is 19.7 Å². The predicted molar refractivity (Wildman–Crippen MR) is 82.8 cm³/mol. The van der Waals surface area contributed by atoms with Crippen LogP contribution in [0.1, 0.15) is 0 Å². The summed E-state index contributed by atoms with van der Waals surface area (Å²) in [6.07, 6.45) is 0. The molecule has 0 fully saturated rings. The highest BCUT2D eigenvalue weighted by atomic mass is 16.5. The molecule has 0 heterocycles. The van der Waals surface area contributed by atoms with Gasteiger partial charge in [-0.15, -0.1) is 0 Å². The zero-order chi connectivity index (χ0) is 15.4. The average Bonchev–Trinajstić information content (AvgIpc) is 2.56. The molecular formula is C18H14O4. The summed E-state index contributed by atoms with van der Waals surface area (Å²) in [6.45, 7) is 0. The van der Waals surface area contributed by atoms with E-state index < -0.39 is 0 Å². The Balaban J connectivity index is 1.85. The molecular weight excluding hydrogens is 280 g/mol. The maximum atomic E-state index is 10.1. The van der Waals surface area contributed by atoms with Gasteiger partial charge >= 0.3 is 0 Å². The highest BCUT2D eigenvalue weighted by Gasteiger charge is 2.15. The first kappa shape index (κ1) is 13.8. The topological polar surface area (TPSA) is 58.9 Å². The summed E-state index contributed by atoms with van der Waals surface area (Å²) in [4.78, 5) is 0. The van der Waals surface area contributed by atoms with E-state index in [-0.39, 0.29) is 23.0 Å². The highest BCUT2D eigenvalue weighted by Crippen LogP contribution is 2.45. The van der Waals surface area contributed by atoms with E-state index in [0.717, 1.165) is 0 Å². The first-order valence-corrected chi connectivity index (χ1v) is 6.75. The number of phenols is 2. The Bertz CT molecular complexity index is 688. The fraction of sp³-hybridized carbons (Fsp3) is 0. The molecule has 4 heteroatoms. The predicted octanol–water partition coefficient (Wildman–Crippen LogP) is 4.68. The second-order valence-electron chi connectivity index (χ2n) is 4.59. The minimum atomic E-state index is -0.364. The number of para-hydroxylation sites is 2. The summed E-state index contributed by atoms with van der Waals surface area (Å²) in [7, 11) is 0. The molecule has 0 aliphatic rings. The van der Waals surface area contributed by atoms with E-state index in [9.17, 15) is 10.2 Å². The van der Waals surface area contributed by atoms with E-state index in [1.54, 1.807) is 36.4 Å². The first-order valence-electron chi connectivity index (χ1n) is 6.75. The van der Waals surface area contributed by atoms with Gasteiger partial charge in [0, 0.05) is 0 Å². The third kappa shape index (κ3) is 2.96. The van der Waals surface area contributed by atoms with E-state index in [1.165, 1.54) is 0 Å². The monoisotopic (exact) mass is 294 g/mol. The van der Waals surface area contributed by atoms with Crippen molar-refractivity contribution in [1.82, 2.24) is 0 Å². The van der Waals surface area contributed by atoms with Gasteiger partial charge in [0.25, 0.3) is 0 Å². The molecule has 0 aliphatic heterocycles. The lowest BCUT2D eigenvalue weighted by molar-refractivity contribution is 0.353. The normalized spacial score (nSPS) is 10.2. The molecule has 0 saturated carbocycles. The molecule has 2 N–H and O–H groups in total. The lowest BCUT2D eigenvalue weighted by Crippen LogP contribution is -1.88. The summed E-state index contributed by atoms with van der Waals surface area (Å²) < 4.78 is 11.1. The maximum absolute atomic E-state index is 10.1. The van der Waals surface area contributed by atoms with Crippen LogP contribution in [0.25, 0.3) is 0 Å². The largest absolute Gasteiger partial charge is 0.502 e. The standard InChI is InChI=1S/C18H14O4/c19-17-15(21-13-7-3-1-4-8-13)11-12-16(18(17)20)22-14-9-5-2-6-10-14/h1-12,19-20H. The molecule has 0 bridgehead atoms. The van der Waals surface area contributed by atoms with Crippen molar-refractivity contribution in [2.45, 2.75) is 0 Å². The van der Waals surface area contributed by atoms with Crippen LogP contribution in [0.15, 0.2) is 72.8 Å². The van der Waals surface area contributed by atoms with Crippen molar-refractivity contribution >= 4 is 0 Å². The van der Waals surface area contributed by atoms with E-state index >= 15 is 0 Å². The number of hydrogen-bond donors (Lipinski definition) is 2. The van der Waals surface area contributed by atoms with Crippen molar-refractivity contribution in [3.63, 3.8) is 0 Å². The maximum Gasteiger partial charge on any atom is 0.205 e. The average molecular weight is 294 g/mol. The van der Waals surface area contributed by atoms with Crippen LogP contribution < -0.4 is 9.47 Å². The molecule has 0 unspecified atom stereocenters. The van der Waals surface area contributed by atoms with Gasteiger partial charge in [0.1, 0.15) is 11.5 Å². The van der Waals surface area contributed by atoms with Crippen molar-refractivity contribution in [3.05, 3.63) is 72.8 Å². The third-order valence-electron chi connectivity index (χ3n) is 3.02. The van der Waals surface area contributed by atoms with Crippen LogP contribution in [0.5, 0.6) is 34.5 Å². The molecule has 0 amide bonds. The van der Waals surface area contributed by atoms with Gasteiger partial charge in [0.15, 0.2) is 11.5 Å². The fourth-order valence-corrected chi connectivity index (χ4v) is 1.94. The van der Waals surface area contributed by atoms with Gasteiger partial charge in [-0.05, 0) is 36.4 Å².